The van der Waals surface area contributed by atoms with Crippen molar-refractivity contribution in [3.8, 4) is 5.75 Å². The van der Waals surface area contributed by atoms with E-state index < -0.39 is 0 Å². The highest BCUT2D eigenvalue weighted by Crippen LogP contribution is 2.39. The van der Waals surface area contributed by atoms with Gasteiger partial charge in [0.05, 0.1) is 5.39 Å². The molecule has 0 saturated carbocycles. The van der Waals surface area contributed by atoms with Gasteiger partial charge in [-0.2, -0.15) is 4.98 Å². The van der Waals surface area contributed by atoms with E-state index in [1.807, 2.05) is 13.0 Å². The standard InChI is InChI=1S/C18H18ClN3OS/c1-10-9-11(23)7-8-13(10)20-16-15-12-5-3-2-4-6-14(12)24-17(15)22-18(19)21-16/h7-9,23H,2-6H2,1H3,(H,20,21,22). The Morgan fingerprint density at radius 3 is 2.83 bits per heavy atom. The summed E-state index contributed by atoms with van der Waals surface area (Å²) in [6.07, 6.45) is 5.91. The summed E-state index contributed by atoms with van der Waals surface area (Å²) in [6, 6.07) is 5.26. The van der Waals surface area contributed by atoms with E-state index in [1.54, 1.807) is 23.5 Å². The molecule has 3 aromatic rings. The maximum atomic E-state index is 9.60. The van der Waals surface area contributed by atoms with Crippen LogP contribution in [-0.2, 0) is 12.8 Å². The monoisotopic (exact) mass is 359 g/mol. The first-order valence-electron chi connectivity index (χ1n) is 8.16. The second kappa shape index (κ2) is 6.22. The van der Waals surface area contributed by atoms with Crippen LogP contribution in [0.3, 0.4) is 0 Å². The van der Waals surface area contributed by atoms with Crippen LogP contribution in [0.15, 0.2) is 18.2 Å². The molecule has 0 amide bonds. The number of fused-ring (bicyclic) bond motifs is 3. The Labute approximate surface area is 149 Å². The van der Waals surface area contributed by atoms with E-state index >= 15 is 0 Å². The van der Waals surface area contributed by atoms with Crippen molar-refractivity contribution in [2.45, 2.75) is 39.0 Å². The van der Waals surface area contributed by atoms with Crippen LogP contribution in [0.1, 0.15) is 35.3 Å². The Kier molecular flexibility index (Phi) is 4.06. The SMILES string of the molecule is Cc1cc(O)ccc1Nc1nc(Cl)nc2sc3c(c12)CCCCC3. The molecule has 0 bridgehead atoms. The molecule has 2 heterocycles. The smallest absolute Gasteiger partial charge is 0.225 e. The first-order valence-corrected chi connectivity index (χ1v) is 9.35. The third-order valence-corrected chi connectivity index (χ3v) is 5.86. The number of benzene rings is 1. The van der Waals surface area contributed by atoms with Crippen LogP contribution < -0.4 is 5.32 Å². The number of rotatable bonds is 2. The molecule has 0 atom stereocenters. The third-order valence-electron chi connectivity index (χ3n) is 4.50. The van der Waals surface area contributed by atoms with E-state index in [-0.39, 0.29) is 11.0 Å². The van der Waals surface area contributed by atoms with Crippen molar-refractivity contribution >= 4 is 44.7 Å². The lowest BCUT2D eigenvalue weighted by molar-refractivity contribution is 0.475. The zero-order chi connectivity index (χ0) is 16.7. The summed E-state index contributed by atoms with van der Waals surface area (Å²) in [5, 5.41) is 14.4. The van der Waals surface area contributed by atoms with Gasteiger partial charge >= 0.3 is 0 Å². The molecule has 1 aliphatic rings. The van der Waals surface area contributed by atoms with Crippen LogP contribution in [-0.4, -0.2) is 15.1 Å². The van der Waals surface area contributed by atoms with E-state index in [0.717, 1.165) is 40.1 Å². The number of hydrogen-bond donors (Lipinski definition) is 2. The topological polar surface area (TPSA) is 58.0 Å². The largest absolute Gasteiger partial charge is 0.508 e. The molecule has 1 aliphatic carbocycles. The molecule has 0 aliphatic heterocycles. The molecule has 4 rings (SSSR count). The summed E-state index contributed by atoms with van der Waals surface area (Å²) in [4.78, 5) is 11.3. The second-order valence-corrected chi connectivity index (χ2v) is 7.63. The molecular formula is C18H18ClN3OS. The minimum absolute atomic E-state index is 0.258. The van der Waals surface area contributed by atoms with E-state index in [0.29, 0.717) is 0 Å². The number of nitrogens with one attached hydrogen (secondary N) is 1. The van der Waals surface area contributed by atoms with E-state index in [2.05, 4.69) is 15.3 Å². The maximum absolute atomic E-state index is 9.60. The number of nitrogens with zero attached hydrogens (tertiary/aromatic N) is 2. The van der Waals surface area contributed by atoms with Crippen molar-refractivity contribution in [2.75, 3.05) is 5.32 Å². The molecule has 24 heavy (non-hydrogen) atoms. The van der Waals surface area contributed by atoms with Crippen LogP contribution in [0.5, 0.6) is 5.75 Å². The summed E-state index contributed by atoms with van der Waals surface area (Å²) in [5.41, 5.74) is 3.25. The number of phenolic OH excluding ortho intramolecular Hbond substituents is 1. The highest BCUT2D eigenvalue weighted by Gasteiger charge is 2.20. The zero-order valence-electron chi connectivity index (χ0n) is 13.4. The van der Waals surface area contributed by atoms with Gasteiger partial charge in [-0.15, -0.1) is 11.3 Å². The lowest BCUT2D eigenvalue weighted by Crippen LogP contribution is -1.99. The van der Waals surface area contributed by atoms with Crippen molar-refractivity contribution in [3.05, 3.63) is 39.5 Å². The minimum atomic E-state index is 0.258. The molecule has 6 heteroatoms. The molecule has 4 nitrogen and oxygen atoms in total. The maximum Gasteiger partial charge on any atom is 0.225 e. The van der Waals surface area contributed by atoms with Crippen LogP contribution >= 0.6 is 22.9 Å². The third kappa shape index (κ3) is 2.82. The van der Waals surface area contributed by atoms with E-state index in [9.17, 15) is 5.11 Å². The van der Waals surface area contributed by atoms with Crippen molar-refractivity contribution < 1.29 is 5.11 Å². The van der Waals surface area contributed by atoms with Crippen molar-refractivity contribution in [1.29, 1.82) is 0 Å². The second-order valence-electron chi connectivity index (χ2n) is 6.21. The van der Waals surface area contributed by atoms with Gasteiger partial charge in [-0.1, -0.05) is 6.42 Å². The minimum Gasteiger partial charge on any atom is -0.508 e. The fourth-order valence-electron chi connectivity index (χ4n) is 3.31. The van der Waals surface area contributed by atoms with Gasteiger partial charge < -0.3 is 10.4 Å². The lowest BCUT2D eigenvalue weighted by atomic mass is 10.1. The van der Waals surface area contributed by atoms with Gasteiger partial charge in [-0.25, -0.2) is 4.98 Å². The van der Waals surface area contributed by atoms with Gasteiger partial charge in [-0.3, -0.25) is 0 Å². The Morgan fingerprint density at radius 2 is 2.00 bits per heavy atom. The number of aryl methyl sites for hydroxylation is 3. The number of hydrogen-bond acceptors (Lipinski definition) is 5. The predicted octanol–water partition coefficient (Wildman–Crippen LogP) is 5.37. The molecule has 0 radical (unpaired) electrons. The van der Waals surface area contributed by atoms with Gasteiger partial charge in [0.15, 0.2) is 0 Å². The Hall–Kier alpha value is -1.85. The van der Waals surface area contributed by atoms with Crippen LogP contribution in [0.4, 0.5) is 11.5 Å². The number of halogens is 1. The van der Waals surface area contributed by atoms with Gasteiger partial charge in [0.2, 0.25) is 5.28 Å². The van der Waals surface area contributed by atoms with Crippen molar-refractivity contribution in [3.63, 3.8) is 0 Å². The Morgan fingerprint density at radius 1 is 1.17 bits per heavy atom. The van der Waals surface area contributed by atoms with Gasteiger partial charge in [0.1, 0.15) is 16.4 Å². The normalized spacial score (nSPS) is 14.4. The molecular weight excluding hydrogens is 342 g/mol. The van der Waals surface area contributed by atoms with Crippen LogP contribution in [0.2, 0.25) is 5.28 Å². The quantitative estimate of drug-likeness (QED) is 0.367. The van der Waals surface area contributed by atoms with E-state index in [1.165, 1.54) is 29.7 Å². The van der Waals surface area contributed by atoms with Crippen LogP contribution in [0.25, 0.3) is 10.2 Å². The highest BCUT2D eigenvalue weighted by atomic mass is 35.5. The van der Waals surface area contributed by atoms with Crippen molar-refractivity contribution in [2.24, 2.45) is 0 Å². The average molecular weight is 360 g/mol. The summed E-state index contributed by atoms with van der Waals surface area (Å²) in [7, 11) is 0. The Balaban J connectivity index is 1.86. The molecule has 124 valence electrons. The summed E-state index contributed by atoms with van der Waals surface area (Å²) in [5.74, 6) is 1.02. The number of thiophene rings is 1. The molecule has 2 N–H and O–H groups in total. The fourth-order valence-corrected chi connectivity index (χ4v) is 4.79. The summed E-state index contributed by atoms with van der Waals surface area (Å²) >= 11 is 7.90. The zero-order valence-corrected chi connectivity index (χ0v) is 15.0. The molecule has 2 aromatic heterocycles. The predicted molar refractivity (Wildman–Crippen MR) is 99.8 cm³/mol. The number of aromatic nitrogens is 2. The van der Waals surface area contributed by atoms with Gasteiger partial charge in [-0.05, 0) is 73.5 Å². The van der Waals surface area contributed by atoms with Crippen molar-refractivity contribution in [1.82, 2.24) is 9.97 Å². The number of phenols is 1. The van der Waals surface area contributed by atoms with Crippen LogP contribution in [0, 0.1) is 6.92 Å². The van der Waals surface area contributed by atoms with Gasteiger partial charge in [0, 0.05) is 10.6 Å². The molecule has 0 saturated heterocycles. The fraction of sp³-hybridized carbons (Fsp3) is 0.333. The van der Waals surface area contributed by atoms with Gasteiger partial charge in [0.25, 0.3) is 0 Å². The first-order chi connectivity index (χ1) is 11.6. The Bertz CT molecular complexity index is 922. The van der Waals surface area contributed by atoms with E-state index in [4.69, 9.17) is 11.6 Å². The molecule has 0 unspecified atom stereocenters. The highest BCUT2D eigenvalue weighted by molar-refractivity contribution is 7.19. The number of aromatic hydroxyl groups is 1. The average Bonchev–Trinajstić information content (AvgIpc) is 2.72. The molecule has 0 fully saturated rings. The number of anilines is 2. The summed E-state index contributed by atoms with van der Waals surface area (Å²) < 4.78 is 0. The lowest BCUT2D eigenvalue weighted by Gasteiger charge is -2.11. The summed E-state index contributed by atoms with van der Waals surface area (Å²) in [6.45, 7) is 1.95. The molecule has 0 spiro atoms. The first kappa shape index (κ1) is 15.7. The molecule has 1 aromatic carbocycles.